The molecule has 2 saturated carbocycles. The van der Waals surface area contributed by atoms with Crippen LogP contribution in [0.2, 0.25) is 0 Å². The summed E-state index contributed by atoms with van der Waals surface area (Å²) in [5, 5.41) is 0. The molecule has 4 aliphatic rings. The number of hydrogen-bond acceptors (Lipinski definition) is 4. The van der Waals surface area contributed by atoms with Crippen molar-refractivity contribution >= 4 is 11.7 Å². The highest BCUT2D eigenvalue weighted by molar-refractivity contribution is 6.01. The molecule has 2 aliphatic carbocycles. The first-order valence-electron chi connectivity index (χ1n) is 9.28. The lowest BCUT2D eigenvalue weighted by Gasteiger charge is -2.37. The summed E-state index contributed by atoms with van der Waals surface area (Å²) < 4.78 is 11.8. The predicted molar refractivity (Wildman–Crippen MR) is 90.6 cm³/mol. The number of ether oxygens (including phenoxy) is 2. The van der Waals surface area contributed by atoms with E-state index in [1.807, 2.05) is 30.0 Å². The van der Waals surface area contributed by atoms with Gasteiger partial charge in [0.25, 0.3) is 0 Å². The molecule has 5 nitrogen and oxygen atoms in total. The molecule has 1 aromatic carbocycles. The summed E-state index contributed by atoms with van der Waals surface area (Å²) in [6.45, 7) is 4.61. The third-order valence-corrected chi connectivity index (χ3v) is 6.49. The molecule has 0 unspecified atom stereocenters. The van der Waals surface area contributed by atoms with Gasteiger partial charge in [-0.2, -0.15) is 0 Å². The molecule has 2 aliphatic heterocycles. The standard InChI is InChI=1S/C20H23NO4/c1-12-2-3-16-14(10-12)15(22)11-20(25-16)5-4-13-17(18(13)20)19(23)21-6-8-24-9-7-21/h2-3,10,13,17-18H,4-9,11H2,1H3/t13-,17-,18-,20+/m1/s1. The van der Waals surface area contributed by atoms with Crippen LogP contribution in [-0.4, -0.2) is 48.5 Å². The number of fused-ring (bicyclic) bond motifs is 3. The average Bonchev–Trinajstić information content (AvgIpc) is 3.27. The molecule has 0 N–H and O–H groups in total. The number of ketones is 1. The molecule has 0 bridgehead atoms. The van der Waals surface area contributed by atoms with E-state index in [1.165, 1.54) is 0 Å². The minimum atomic E-state index is -0.462. The second kappa shape index (κ2) is 5.31. The zero-order chi connectivity index (χ0) is 17.2. The molecule has 3 fully saturated rings. The average molecular weight is 341 g/mol. The van der Waals surface area contributed by atoms with Gasteiger partial charge in [0.2, 0.25) is 5.91 Å². The van der Waals surface area contributed by atoms with Crippen molar-refractivity contribution in [1.82, 2.24) is 4.90 Å². The molecule has 0 radical (unpaired) electrons. The number of benzene rings is 1. The Kier molecular flexibility index (Phi) is 3.26. The fourth-order valence-electron chi connectivity index (χ4n) is 5.26. The van der Waals surface area contributed by atoms with Crippen LogP contribution in [0.25, 0.3) is 0 Å². The largest absolute Gasteiger partial charge is 0.486 e. The van der Waals surface area contributed by atoms with Crippen LogP contribution in [-0.2, 0) is 9.53 Å². The van der Waals surface area contributed by atoms with Gasteiger partial charge in [-0.15, -0.1) is 0 Å². The maximum absolute atomic E-state index is 12.9. The van der Waals surface area contributed by atoms with Crippen LogP contribution in [0, 0.1) is 24.7 Å². The third kappa shape index (κ3) is 2.25. The molecule has 1 amide bonds. The van der Waals surface area contributed by atoms with Gasteiger partial charge >= 0.3 is 0 Å². The molecule has 1 aromatic rings. The number of hydrogen-bond donors (Lipinski definition) is 0. The quantitative estimate of drug-likeness (QED) is 0.786. The summed E-state index contributed by atoms with van der Waals surface area (Å²) in [6, 6.07) is 5.82. The minimum absolute atomic E-state index is 0.0339. The number of rotatable bonds is 1. The van der Waals surface area contributed by atoms with Gasteiger partial charge in [0.1, 0.15) is 11.4 Å². The first-order chi connectivity index (χ1) is 12.1. The monoisotopic (exact) mass is 341 g/mol. The molecule has 1 saturated heterocycles. The highest BCUT2D eigenvalue weighted by Gasteiger charge is 2.71. The van der Waals surface area contributed by atoms with Crippen molar-refractivity contribution in [2.24, 2.45) is 17.8 Å². The molecule has 132 valence electrons. The summed E-state index contributed by atoms with van der Waals surface area (Å²) in [6.07, 6.45) is 2.28. The third-order valence-electron chi connectivity index (χ3n) is 6.49. The minimum Gasteiger partial charge on any atom is -0.486 e. The lowest BCUT2D eigenvalue weighted by molar-refractivity contribution is -0.138. The van der Waals surface area contributed by atoms with E-state index in [9.17, 15) is 9.59 Å². The summed E-state index contributed by atoms with van der Waals surface area (Å²) in [7, 11) is 0. The molecule has 0 aromatic heterocycles. The van der Waals surface area contributed by atoms with E-state index in [0.29, 0.717) is 50.0 Å². The number of carbonyl (C=O) groups excluding carboxylic acids is 2. The summed E-state index contributed by atoms with van der Waals surface area (Å²) in [4.78, 5) is 27.6. The highest BCUT2D eigenvalue weighted by atomic mass is 16.5. The zero-order valence-corrected chi connectivity index (χ0v) is 14.5. The molecule has 25 heavy (non-hydrogen) atoms. The molecule has 5 rings (SSSR count). The van der Waals surface area contributed by atoms with E-state index >= 15 is 0 Å². The second-order valence-electron chi connectivity index (χ2n) is 7.96. The first-order valence-corrected chi connectivity index (χ1v) is 9.28. The Bertz CT molecular complexity index is 754. The Morgan fingerprint density at radius 3 is 2.88 bits per heavy atom. The maximum atomic E-state index is 12.9. The van der Waals surface area contributed by atoms with Gasteiger partial charge in [-0.3, -0.25) is 9.59 Å². The second-order valence-corrected chi connectivity index (χ2v) is 7.96. The van der Waals surface area contributed by atoms with E-state index in [1.54, 1.807) is 0 Å². The first kappa shape index (κ1) is 15.4. The van der Waals surface area contributed by atoms with E-state index in [2.05, 4.69) is 0 Å². The SMILES string of the molecule is Cc1ccc2c(c1)C(=O)C[C@]1(CC[C@@H]3[C@@H](C(=O)N4CCOCC4)[C@@H]31)O2. The van der Waals surface area contributed by atoms with Crippen LogP contribution in [0.1, 0.15) is 35.2 Å². The topological polar surface area (TPSA) is 55.8 Å². The number of Topliss-reactive ketones (excluding diaryl/α,β-unsaturated/α-hetero) is 1. The van der Waals surface area contributed by atoms with Crippen LogP contribution in [0.3, 0.4) is 0 Å². The highest BCUT2D eigenvalue weighted by Crippen LogP contribution is 2.66. The lowest BCUT2D eigenvalue weighted by atomic mass is 9.84. The Balaban J connectivity index is 1.39. The molecular formula is C20H23NO4. The summed E-state index contributed by atoms with van der Waals surface area (Å²) >= 11 is 0. The Morgan fingerprint density at radius 2 is 2.08 bits per heavy atom. The van der Waals surface area contributed by atoms with Crippen LogP contribution in [0.15, 0.2) is 18.2 Å². The van der Waals surface area contributed by atoms with Crippen molar-refractivity contribution < 1.29 is 19.1 Å². The number of morpholine rings is 1. The maximum Gasteiger partial charge on any atom is 0.226 e. The van der Waals surface area contributed by atoms with Gasteiger partial charge in [0.05, 0.1) is 25.2 Å². The van der Waals surface area contributed by atoms with Crippen molar-refractivity contribution in [2.45, 2.75) is 31.8 Å². The van der Waals surface area contributed by atoms with Crippen LogP contribution >= 0.6 is 0 Å². The van der Waals surface area contributed by atoms with Crippen molar-refractivity contribution in [2.75, 3.05) is 26.3 Å². The number of nitrogens with zero attached hydrogens (tertiary/aromatic N) is 1. The summed E-state index contributed by atoms with van der Waals surface area (Å²) in [5.74, 6) is 1.72. The van der Waals surface area contributed by atoms with Crippen molar-refractivity contribution in [3.05, 3.63) is 29.3 Å². The Morgan fingerprint density at radius 1 is 1.28 bits per heavy atom. The molecule has 5 heteroatoms. The molecule has 2 heterocycles. The van der Waals surface area contributed by atoms with Crippen molar-refractivity contribution in [1.29, 1.82) is 0 Å². The lowest BCUT2D eigenvalue weighted by Crippen LogP contribution is -2.46. The van der Waals surface area contributed by atoms with E-state index < -0.39 is 5.60 Å². The zero-order valence-electron chi connectivity index (χ0n) is 14.5. The van der Waals surface area contributed by atoms with Crippen molar-refractivity contribution in [3.8, 4) is 5.75 Å². The van der Waals surface area contributed by atoms with E-state index in [4.69, 9.17) is 9.47 Å². The van der Waals surface area contributed by atoms with E-state index in [-0.39, 0.29) is 23.5 Å². The normalized spacial score (nSPS) is 36.0. The number of carbonyl (C=O) groups is 2. The van der Waals surface area contributed by atoms with Crippen molar-refractivity contribution in [3.63, 3.8) is 0 Å². The van der Waals surface area contributed by atoms with Gasteiger partial charge in [-0.05, 0) is 37.8 Å². The van der Waals surface area contributed by atoms with Crippen LogP contribution in [0.5, 0.6) is 5.75 Å². The fraction of sp³-hybridized carbons (Fsp3) is 0.600. The fourth-order valence-corrected chi connectivity index (χ4v) is 5.26. The van der Waals surface area contributed by atoms with Gasteiger partial charge in [0.15, 0.2) is 5.78 Å². The molecule has 1 spiro atoms. The summed E-state index contributed by atoms with van der Waals surface area (Å²) in [5.41, 5.74) is 1.31. The van der Waals surface area contributed by atoms with Gasteiger partial charge < -0.3 is 14.4 Å². The Hall–Kier alpha value is -1.88. The van der Waals surface area contributed by atoms with Gasteiger partial charge in [-0.1, -0.05) is 11.6 Å². The van der Waals surface area contributed by atoms with Crippen LogP contribution < -0.4 is 4.74 Å². The van der Waals surface area contributed by atoms with Crippen LogP contribution in [0.4, 0.5) is 0 Å². The Labute approximate surface area is 147 Å². The smallest absolute Gasteiger partial charge is 0.226 e. The number of aryl methyl sites for hydroxylation is 1. The molecular weight excluding hydrogens is 318 g/mol. The predicted octanol–water partition coefficient (Wildman–Crippen LogP) is 2.21. The van der Waals surface area contributed by atoms with Gasteiger partial charge in [-0.25, -0.2) is 0 Å². The molecule has 4 atom stereocenters. The number of amides is 1. The van der Waals surface area contributed by atoms with Gasteiger partial charge in [0, 0.05) is 24.9 Å². The van der Waals surface area contributed by atoms with E-state index in [0.717, 1.165) is 18.4 Å².